The van der Waals surface area contributed by atoms with Crippen LogP contribution in [0.25, 0.3) is 62.7 Å². The van der Waals surface area contributed by atoms with Gasteiger partial charge >= 0.3 is 0 Å². The summed E-state index contributed by atoms with van der Waals surface area (Å²) in [4.78, 5) is 15.6. The summed E-state index contributed by atoms with van der Waals surface area (Å²) in [6.07, 6.45) is -27.5. The van der Waals surface area contributed by atoms with Crippen LogP contribution in [0.2, 0.25) is 0 Å². The molecule has 4 fully saturated rings. The second-order valence-corrected chi connectivity index (χ2v) is 12.0. The molecule has 1 saturated carbocycles. The van der Waals surface area contributed by atoms with Crippen molar-refractivity contribution < 1.29 is 63.5 Å². The minimum Gasteiger partial charge on any atom is -0.394 e. The van der Waals surface area contributed by atoms with E-state index in [4.69, 9.17) is 56.1 Å². The summed E-state index contributed by atoms with van der Waals surface area (Å²) in [5.74, 6) is 0. The van der Waals surface area contributed by atoms with E-state index in [1.807, 2.05) is 0 Å². The quantitative estimate of drug-likeness (QED) is 0.0738. The van der Waals surface area contributed by atoms with E-state index in [9.17, 15) is 36.2 Å². The third-order valence-electron chi connectivity index (χ3n) is 8.97. The molecular formula is C23H33FN18O12. The molecule has 54 heavy (non-hydrogen) atoms. The first-order valence-corrected chi connectivity index (χ1v) is 15.8. The van der Waals surface area contributed by atoms with Gasteiger partial charge in [-0.05, 0) is 39.6 Å². The van der Waals surface area contributed by atoms with Gasteiger partial charge in [0.15, 0.2) is 18.9 Å². The molecule has 0 bridgehead atoms. The van der Waals surface area contributed by atoms with Crippen LogP contribution < -0.4 is 0 Å². The second kappa shape index (κ2) is 19.6. The minimum atomic E-state index is -2.37. The van der Waals surface area contributed by atoms with Gasteiger partial charge in [0.05, 0.1) is 62.3 Å². The van der Waals surface area contributed by atoms with E-state index in [0.29, 0.717) is 0 Å². The number of aliphatic hydroxyl groups is 6. The Morgan fingerprint density at radius 2 is 1.04 bits per heavy atom. The van der Waals surface area contributed by atoms with Crippen molar-refractivity contribution in [1.29, 1.82) is 0 Å². The molecule has 4 aliphatic rings. The van der Waals surface area contributed by atoms with Crippen LogP contribution in [0.15, 0.2) is 30.7 Å². The van der Waals surface area contributed by atoms with E-state index < -0.39 is 142 Å². The molecular weight excluding hydrogens is 739 g/mol. The van der Waals surface area contributed by atoms with Crippen molar-refractivity contribution in [1.82, 2.24) is 0 Å². The van der Waals surface area contributed by atoms with Crippen molar-refractivity contribution in [3.8, 4) is 0 Å². The van der Waals surface area contributed by atoms with E-state index in [-0.39, 0.29) is 0 Å². The molecule has 1 aliphatic carbocycles. The maximum atomic E-state index is 15.4. The molecule has 0 aromatic carbocycles. The van der Waals surface area contributed by atoms with Crippen molar-refractivity contribution in [3.63, 3.8) is 0 Å². The lowest BCUT2D eigenvalue weighted by Gasteiger charge is -2.46. The molecule has 3 heterocycles. The SMILES string of the molecule is [N-]=[N+]=NC[C@@H]1OC(OC2[C@@H](O)[C@H](O[C@@H]3[C@@H](O)[C@H](N=[N+]=[N-])C[C@H](N=[N+]=[N-])[C@H]3O[C@H]3O[C@H](CN=[N+]=[N-])[C@@H](O)[C@@H](F)[C@H]3N=[N+]=[N-])O[C@@H]2CO)[C@H](N=[N+]=[N-])[C@@H](O)[C@@H]1O. The highest BCUT2D eigenvalue weighted by molar-refractivity contribution is 5.04. The molecule has 31 heteroatoms. The largest absolute Gasteiger partial charge is 0.394 e. The van der Waals surface area contributed by atoms with Crippen LogP contribution in [0.3, 0.4) is 0 Å². The van der Waals surface area contributed by atoms with Crippen molar-refractivity contribution in [2.75, 3.05) is 19.7 Å². The topological polar surface area (TPSA) is 469 Å². The van der Waals surface area contributed by atoms with Gasteiger partial charge in [0, 0.05) is 29.5 Å². The lowest BCUT2D eigenvalue weighted by atomic mass is 9.84. The fourth-order valence-corrected chi connectivity index (χ4v) is 6.37. The molecule has 0 amide bonds. The number of aliphatic hydroxyl groups excluding tert-OH is 6. The Bertz CT molecular complexity index is 1600. The summed E-state index contributed by atoms with van der Waals surface area (Å²) in [5.41, 5.74) is 54.1. The number of rotatable bonds is 15. The summed E-state index contributed by atoms with van der Waals surface area (Å²) in [6.45, 7) is -2.03. The molecule has 0 aromatic heterocycles. The molecule has 0 spiro atoms. The Hall–Kier alpha value is -4.69. The van der Waals surface area contributed by atoms with E-state index in [2.05, 4.69) is 60.2 Å². The maximum Gasteiger partial charge on any atom is 0.187 e. The van der Waals surface area contributed by atoms with E-state index >= 15 is 4.39 Å². The van der Waals surface area contributed by atoms with Gasteiger partial charge in [0.1, 0.15) is 54.9 Å². The smallest absolute Gasteiger partial charge is 0.187 e. The van der Waals surface area contributed by atoms with Gasteiger partial charge in [0.25, 0.3) is 0 Å². The lowest BCUT2D eigenvalue weighted by Crippen LogP contribution is -2.62. The Labute approximate surface area is 299 Å². The molecule has 30 nitrogen and oxygen atoms in total. The third kappa shape index (κ3) is 9.15. The fourth-order valence-electron chi connectivity index (χ4n) is 6.37. The van der Waals surface area contributed by atoms with Crippen molar-refractivity contribution in [2.45, 2.75) is 123 Å². The van der Waals surface area contributed by atoms with Gasteiger partial charge in [-0.1, -0.05) is 30.7 Å². The Kier molecular flexibility index (Phi) is 15.3. The number of hydrogen-bond acceptors (Lipinski definition) is 18. The Morgan fingerprint density at radius 3 is 1.61 bits per heavy atom. The molecule has 4 rings (SSSR count). The summed E-state index contributed by atoms with van der Waals surface area (Å²) in [6, 6.07) is -6.42. The third-order valence-corrected chi connectivity index (χ3v) is 8.97. The van der Waals surface area contributed by atoms with Gasteiger partial charge < -0.3 is 59.1 Å². The maximum absolute atomic E-state index is 15.4. The first-order valence-electron chi connectivity index (χ1n) is 15.8. The van der Waals surface area contributed by atoms with Crippen molar-refractivity contribution >= 4 is 0 Å². The van der Waals surface area contributed by atoms with Crippen LogP contribution >= 0.6 is 0 Å². The van der Waals surface area contributed by atoms with Crippen LogP contribution in [0.4, 0.5) is 4.39 Å². The monoisotopic (exact) mass is 772 g/mol. The zero-order chi connectivity index (χ0) is 39.5. The summed E-state index contributed by atoms with van der Waals surface area (Å²) in [7, 11) is 0. The molecule has 3 aliphatic heterocycles. The molecule has 0 aromatic rings. The highest BCUT2D eigenvalue weighted by Gasteiger charge is 2.55. The molecule has 294 valence electrons. The van der Waals surface area contributed by atoms with Gasteiger partial charge in [-0.2, -0.15) is 0 Å². The fraction of sp³-hybridized carbons (Fsp3) is 1.00. The Morgan fingerprint density at radius 1 is 0.537 bits per heavy atom. The Balaban J connectivity index is 1.67. The molecule has 6 N–H and O–H groups in total. The number of ether oxygens (including phenoxy) is 6. The molecule has 3 saturated heterocycles. The summed E-state index contributed by atoms with van der Waals surface area (Å²) >= 11 is 0. The first kappa shape index (κ1) is 42.1. The van der Waals surface area contributed by atoms with Crippen LogP contribution in [-0.4, -0.2) is 167 Å². The summed E-state index contributed by atoms with van der Waals surface area (Å²) < 4.78 is 49.8. The lowest BCUT2D eigenvalue weighted by molar-refractivity contribution is -0.302. The van der Waals surface area contributed by atoms with E-state index in [0.717, 1.165) is 0 Å². The first-order chi connectivity index (χ1) is 26.0. The molecule has 19 atom stereocenters. The van der Waals surface area contributed by atoms with Crippen LogP contribution in [0, 0.1) is 0 Å². The van der Waals surface area contributed by atoms with Crippen molar-refractivity contribution in [2.24, 2.45) is 30.7 Å². The standard InChI is InChI=1S/C23H33FN18O12/c24-10-11(35-41-29)21(49-7(14(10)45)2-31-37-25)52-18-6(34-40-28)1-5(33-39-27)13(44)20(18)54-23-17(48)19(9(4-43)51-23)53-22-12(36-42-30)16(47)15(46)8(50-22)3-32-38-26/h5-23,43-48H,1-4H2/t5-,6+,7-,8+,9-,10+,11-,12-,13+,14-,15-,16-,17-,18-,19?,20-,21-,22?,23+/m1/s1. The van der Waals surface area contributed by atoms with Crippen LogP contribution in [0.5, 0.6) is 0 Å². The predicted octanol–water partition coefficient (Wildman–Crippen LogP) is 0.191. The zero-order valence-electron chi connectivity index (χ0n) is 27.4. The van der Waals surface area contributed by atoms with Gasteiger partial charge in [-0.3, -0.25) is 0 Å². The average molecular weight is 773 g/mol. The van der Waals surface area contributed by atoms with E-state index in [1.165, 1.54) is 0 Å². The minimum absolute atomic E-state index is 0.410. The predicted molar refractivity (Wildman–Crippen MR) is 167 cm³/mol. The molecule has 2 unspecified atom stereocenters. The normalized spacial score (nSPS) is 43.1. The number of alkyl halides is 1. The van der Waals surface area contributed by atoms with Gasteiger partial charge in [-0.25, -0.2) is 4.39 Å². The zero-order valence-corrected chi connectivity index (χ0v) is 27.4. The summed E-state index contributed by atoms with van der Waals surface area (Å²) in [5, 5.41) is 84.6. The van der Waals surface area contributed by atoms with Crippen molar-refractivity contribution in [3.05, 3.63) is 62.7 Å². The number of nitrogens with zero attached hydrogens (tertiary/aromatic N) is 18. The number of hydrogen-bond donors (Lipinski definition) is 6. The highest BCUT2D eigenvalue weighted by atomic mass is 19.1. The molecule has 0 radical (unpaired) electrons. The van der Waals surface area contributed by atoms with Crippen LogP contribution in [0.1, 0.15) is 6.42 Å². The second-order valence-electron chi connectivity index (χ2n) is 12.0. The highest BCUT2D eigenvalue weighted by Crippen LogP contribution is 2.38. The van der Waals surface area contributed by atoms with E-state index in [1.54, 1.807) is 0 Å². The number of halogens is 1. The van der Waals surface area contributed by atoms with Crippen LogP contribution in [-0.2, 0) is 28.4 Å². The average Bonchev–Trinajstić information content (AvgIpc) is 3.45. The number of azide groups is 6. The van der Waals surface area contributed by atoms with Gasteiger partial charge in [0.2, 0.25) is 0 Å². The van der Waals surface area contributed by atoms with Gasteiger partial charge in [-0.15, -0.1) is 0 Å².